The predicted molar refractivity (Wildman–Crippen MR) is 225 cm³/mol. The van der Waals surface area contributed by atoms with Crippen molar-refractivity contribution >= 4 is 82.9 Å². The molecular formula is C36H76O4P2PbS4. The Labute approximate surface area is 326 Å². The zero-order valence-electron chi connectivity index (χ0n) is 31.3. The van der Waals surface area contributed by atoms with Crippen molar-refractivity contribution in [3.63, 3.8) is 0 Å². The molecule has 4 nitrogen and oxygen atoms in total. The van der Waals surface area contributed by atoms with Gasteiger partial charge in [-0.1, -0.05) is 0 Å². The van der Waals surface area contributed by atoms with E-state index in [-0.39, 0.29) is 0 Å². The molecule has 0 saturated heterocycles. The molecule has 0 bridgehead atoms. The van der Waals surface area contributed by atoms with Gasteiger partial charge in [0.25, 0.3) is 0 Å². The van der Waals surface area contributed by atoms with Crippen LogP contribution in [0.5, 0.6) is 0 Å². The van der Waals surface area contributed by atoms with E-state index in [0.717, 1.165) is 24.3 Å². The van der Waals surface area contributed by atoms with Crippen molar-refractivity contribution in [1.82, 2.24) is 0 Å². The Bertz CT molecular complexity index is 633. The second kappa shape index (κ2) is 38.5. The molecule has 0 N–H and O–H groups in total. The third-order valence-electron chi connectivity index (χ3n) is 8.29. The van der Waals surface area contributed by atoms with E-state index >= 15 is 0 Å². The molecule has 0 aromatic carbocycles. The van der Waals surface area contributed by atoms with Crippen molar-refractivity contribution in [1.29, 1.82) is 0 Å². The molecule has 0 aromatic heterocycles. The summed E-state index contributed by atoms with van der Waals surface area (Å²) in [5.74, 6) is 2.03. The maximum atomic E-state index is 6.52. The number of rotatable bonds is 40. The van der Waals surface area contributed by atoms with Crippen LogP contribution in [-0.4, -0.2) is 49.9 Å². The fraction of sp³-hybridized carbons (Fsp3) is 1.00. The van der Waals surface area contributed by atoms with E-state index in [1.807, 2.05) is 0 Å². The molecule has 0 aliphatic heterocycles. The van der Waals surface area contributed by atoms with Crippen molar-refractivity contribution < 1.29 is 14.0 Å². The Morgan fingerprint density at radius 3 is 0.936 bits per heavy atom. The Kier molecular flexibility index (Phi) is 40.7. The van der Waals surface area contributed by atoms with Crippen molar-refractivity contribution in [2.24, 2.45) is 0 Å². The van der Waals surface area contributed by atoms with Gasteiger partial charge in [0.05, 0.1) is 0 Å². The molecule has 0 amide bonds. The minimum atomic E-state index is -2.42. The molecule has 0 heterocycles. The van der Waals surface area contributed by atoms with E-state index in [1.54, 1.807) is 22.8 Å². The number of unbranched alkanes of at least 4 members (excludes halogenated alkanes) is 24. The van der Waals surface area contributed by atoms with Gasteiger partial charge >= 0.3 is 329 Å². The van der Waals surface area contributed by atoms with Gasteiger partial charge in [-0.05, 0) is 0 Å². The Morgan fingerprint density at radius 2 is 0.638 bits per heavy atom. The summed E-state index contributed by atoms with van der Waals surface area (Å²) in [6.45, 7) is 10.5. The summed E-state index contributed by atoms with van der Waals surface area (Å²) in [5, 5.41) is 0. The van der Waals surface area contributed by atoms with Gasteiger partial charge < -0.3 is 0 Å². The zero-order chi connectivity index (χ0) is 34.6. The van der Waals surface area contributed by atoms with Crippen LogP contribution in [0.4, 0.5) is 0 Å². The molecule has 0 aliphatic rings. The zero-order valence-corrected chi connectivity index (χ0v) is 40.2. The predicted octanol–water partition coefficient (Wildman–Crippen LogP) is 15.5. The summed E-state index contributed by atoms with van der Waals surface area (Å²) >= 11 is 13.8. The van der Waals surface area contributed by atoms with Crippen LogP contribution < -0.4 is 0 Å². The molecule has 0 fully saturated rings. The average molecular weight is 970 g/mol. The fourth-order valence-electron chi connectivity index (χ4n) is 5.23. The van der Waals surface area contributed by atoms with Gasteiger partial charge in [-0.2, -0.15) is 0 Å². The summed E-state index contributed by atoms with van der Waals surface area (Å²) in [6.07, 6.45) is 36.0. The maximum absolute atomic E-state index is 6.52. The van der Waals surface area contributed by atoms with Crippen molar-refractivity contribution in [2.75, 3.05) is 24.7 Å². The number of hydrogen-bond acceptors (Lipinski definition) is 8. The van der Waals surface area contributed by atoms with E-state index < -0.39 is 36.5 Å². The standard InChI is InChI=1S/2C18H39O2PS2.Pb/c2*1-3-5-7-9-11-13-15-17-20-21(19,22)23-18-16-14-12-10-8-6-4-2;/h2*3-18H2,1-2H3,(H,19,22);/q;;+2/p-2. The van der Waals surface area contributed by atoms with Crippen molar-refractivity contribution in [3.05, 3.63) is 0 Å². The van der Waals surface area contributed by atoms with Crippen LogP contribution in [0.1, 0.15) is 207 Å². The van der Waals surface area contributed by atoms with Crippen LogP contribution in [0.3, 0.4) is 0 Å². The quantitative estimate of drug-likeness (QED) is 0.0342. The van der Waals surface area contributed by atoms with E-state index in [0.29, 0.717) is 13.2 Å². The number of hydrogen-bond donors (Lipinski definition) is 0. The van der Waals surface area contributed by atoms with Crippen LogP contribution in [0.2, 0.25) is 0 Å². The Hall–Kier alpha value is 2.76. The van der Waals surface area contributed by atoms with Gasteiger partial charge in [0, 0.05) is 0 Å². The van der Waals surface area contributed by atoms with Crippen molar-refractivity contribution in [2.45, 2.75) is 207 Å². The minimum absolute atomic E-state index is 0.703. The first-order valence-electron chi connectivity index (χ1n) is 19.9. The summed E-state index contributed by atoms with van der Waals surface area (Å²) in [5.41, 5.74) is -4.84. The van der Waals surface area contributed by atoms with Crippen molar-refractivity contribution in [3.8, 4) is 0 Å². The normalized spacial score (nSPS) is 14.4. The monoisotopic (exact) mass is 970 g/mol. The fourth-order valence-corrected chi connectivity index (χ4v) is 24.3. The molecule has 0 spiro atoms. The van der Waals surface area contributed by atoms with Crippen LogP contribution >= 0.6 is 34.2 Å². The molecule has 2 radical (unpaired) electrons. The Morgan fingerprint density at radius 1 is 0.383 bits per heavy atom. The molecule has 2 atom stereocenters. The van der Waals surface area contributed by atoms with Gasteiger partial charge in [-0.3, -0.25) is 0 Å². The van der Waals surface area contributed by atoms with E-state index in [2.05, 4.69) is 27.7 Å². The average Bonchev–Trinajstić information content (AvgIpc) is 3.06. The molecule has 0 rings (SSSR count). The second-order valence-electron chi connectivity index (χ2n) is 13.0. The van der Waals surface area contributed by atoms with E-state index in [9.17, 15) is 0 Å². The first-order chi connectivity index (χ1) is 22.9. The summed E-state index contributed by atoms with van der Waals surface area (Å²) < 4.78 is 25.8. The van der Waals surface area contributed by atoms with Gasteiger partial charge in [-0.25, -0.2) is 0 Å². The SMILES string of the molecule is CCCCCCCCCOP(=S)([O][Pb][O]P(=S)(OCCCCCCCCC)SCCCCCCCCC)SCCCCCCCCC. The second-order valence-corrected chi connectivity index (χ2v) is 30.6. The molecule has 0 saturated carbocycles. The van der Waals surface area contributed by atoms with E-state index in [4.69, 9.17) is 37.6 Å². The third-order valence-corrected chi connectivity index (χ3v) is 32.4. The van der Waals surface area contributed by atoms with Gasteiger partial charge in [0.15, 0.2) is 0 Å². The van der Waals surface area contributed by atoms with Gasteiger partial charge in [0.1, 0.15) is 0 Å². The van der Waals surface area contributed by atoms with E-state index in [1.165, 1.54) is 167 Å². The Balaban J connectivity index is 4.91. The molecule has 2 unspecified atom stereocenters. The van der Waals surface area contributed by atoms with Crippen LogP contribution in [0, 0.1) is 0 Å². The summed E-state index contributed by atoms with van der Waals surface area (Å²) in [7, 11) is 0. The molecule has 0 aromatic rings. The summed E-state index contributed by atoms with van der Waals surface area (Å²) in [4.78, 5) is 0. The topological polar surface area (TPSA) is 36.9 Å². The molecule has 0 aliphatic carbocycles. The van der Waals surface area contributed by atoms with Crippen LogP contribution in [-0.2, 0) is 37.6 Å². The first kappa shape index (κ1) is 49.8. The first-order valence-corrected chi connectivity index (χ1v) is 31.5. The molecular weight excluding hydrogens is 894 g/mol. The summed E-state index contributed by atoms with van der Waals surface area (Å²) in [6, 6.07) is 0. The molecule has 11 heteroatoms. The van der Waals surface area contributed by atoms with Crippen LogP contribution in [0.25, 0.3) is 0 Å². The van der Waals surface area contributed by atoms with Gasteiger partial charge in [-0.15, -0.1) is 0 Å². The molecule has 47 heavy (non-hydrogen) atoms. The molecule has 282 valence electrons. The van der Waals surface area contributed by atoms with Crippen LogP contribution in [0.15, 0.2) is 0 Å². The van der Waals surface area contributed by atoms with Gasteiger partial charge in [0.2, 0.25) is 0 Å². The third kappa shape index (κ3) is 35.6.